The number of likely N-dealkylation sites (N-methyl/N-ethyl adjacent to an activating group) is 1. The van der Waals surface area contributed by atoms with Gasteiger partial charge in [0.25, 0.3) is 5.69 Å². The molecule has 0 aliphatic carbocycles. The summed E-state index contributed by atoms with van der Waals surface area (Å²) in [5.74, 6) is 0.594. The highest BCUT2D eigenvalue weighted by Gasteiger charge is 2.58. The number of hydrogen-bond acceptors (Lipinski definition) is 4. The van der Waals surface area contributed by atoms with Gasteiger partial charge in [0, 0.05) is 35.5 Å². The zero-order valence-electron chi connectivity index (χ0n) is 14.4. The molecule has 5 nitrogen and oxygen atoms in total. The molecule has 0 amide bonds. The predicted octanol–water partition coefficient (Wildman–Crippen LogP) is 5.54. The number of halogens is 2. The number of nitro benzene ring substituents is 1. The van der Waals surface area contributed by atoms with Crippen molar-refractivity contribution < 1.29 is 9.66 Å². The second-order valence-corrected chi connectivity index (χ2v) is 8.37. The van der Waals surface area contributed by atoms with Crippen molar-refractivity contribution in [1.82, 2.24) is 0 Å². The number of fused-ring (bicyclic) bond motifs is 2. The number of nitro groups is 1. The maximum Gasteiger partial charge on any atom is 0.271 e. The lowest BCUT2D eigenvalue weighted by molar-refractivity contribution is -0.385. The van der Waals surface area contributed by atoms with E-state index in [1.165, 1.54) is 12.1 Å². The first-order chi connectivity index (χ1) is 12.2. The summed E-state index contributed by atoms with van der Waals surface area (Å²) in [6.07, 6.45) is 3.86. The van der Waals surface area contributed by atoms with Crippen molar-refractivity contribution >= 4 is 45.0 Å². The second-order valence-electron chi connectivity index (χ2n) is 7.08. The highest BCUT2D eigenvalue weighted by atomic mass is 79.9. The Balaban J connectivity index is 1.88. The minimum Gasteiger partial charge on any atom is -0.462 e. The second kappa shape index (κ2) is 5.47. The fraction of sp³-hybridized carbons (Fsp3) is 0.263. The Hall–Kier alpha value is -2.05. The highest BCUT2D eigenvalue weighted by Crippen LogP contribution is 2.55. The Morgan fingerprint density at radius 2 is 2.00 bits per heavy atom. The summed E-state index contributed by atoms with van der Waals surface area (Å²) < 4.78 is 7.08. The van der Waals surface area contributed by atoms with E-state index in [1.54, 1.807) is 0 Å². The van der Waals surface area contributed by atoms with Crippen molar-refractivity contribution in [2.45, 2.75) is 25.0 Å². The Kier molecular flexibility index (Phi) is 3.66. The van der Waals surface area contributed by atoms with Gasteiger partial charge < -0.3 is 9.64 Å². The molecular formula is C19H16BrClN2O3. The molecule has 0 saturated carbocycles. The topological polar surface area (TPSA) is 55.6 Å². The molecule has 0 fully saturated rings. The molecule has 0 bridgehead atoms. The monoisotopic (exact) mass is 434 g/mol. The van der Waals surface area contributed by atoms with E-state index >= 15 is 0 Å². The van der Waals surface area contributed by atoms with Gasteiger partial charge in [0.05, 0.1) is 14.8 Å². The fourth-order valence-corrected chi connectivity index (χ4v) is 4.65. The summed E-state index contributed by atoms with van der Waals surface area (Å²) >= 11 is 9.66. The Morgan fingerprint density at radius 3 is 2.69 bits per heavy atom. The van der Waals surface area contributed by atoms with Crippen LogP contribution in [-0.2, 0) is 5.41 Å². The van der Waals surface area contributed by atoms with Gasteiger partial charge in [-0.25, -0.2) is 0 Å². The molecule has 0 saturated heterocycles. The highest BCUT2D eigenvalue weighted by molar-refractivity contribution is 9.10. The molecule has 4 rings (SSSR count). The average molecular weight is 436 g/mol. The van der Waals surface area contributed by atoms with Crippen molar-refractivity contribution in [2.75, 3.05) is 11.9 Å². The van der Waals surface area contributed by atoms with Crippen LogP contribution in [0.25, 0.3) is 6.08 Å². The van der Waals surface area contributed by atoms with Crippen LogP contribution in [0.2, 0.25) is 5.02 Å². The summed E-state index contributed by atoms with van der Waals surface area (Å²) in [4.78, 5) is 12.8. The van der Waals surface area contributed by atoms with Crippen molar-refractivity contribution in [3.05, 3.63) is 67.1 Å². The van der Waals surface area contributed by atoms with Gasteiger partial charge in [0.2, 0.25) is 5.72 Å². The minimum absolute atomic E-state index is 0.0222. The van der Waals surface area contributed by atoms with Gasteiger partial charge in [0.1, 0.15) is 5.75 Å². The van der Waals surface area contributed by atoms with Gasteiger partial charge in [-0.3, -0.25) is 10.1 Å². The molecule has 7 heteroatoms. The van der Waals surface area contributed by atoms with Crippen molar-refractivity contribution in [1.29, 1.82) is 0 Å². The lowest BCUT2D eigenvalue weighted by Gasteiger charge is -2.46. The van der Waals surface area contributed by atoms with Crippen LogP contribution in [0.4, 0.5) is 11.4 Å². The summed E-state index contributed by atoms with van der Waals surface area (Å²) in [7, 11) is 1.98. The van der Waals surface area contributed by atoms with E-state index in [2.05, 4.69) is 34.7 Å². The minimum atomic E-state index is -0.758. The zero-order valence-corrected chi connectivity index (χ0v) is 16.8. The van der Waals surface area contributed by atoms with Crippen LogP contribution in [-0.4, -0.2) is 17.7 Å². The van der Waals surface area contributed by atoms with Gasteiger partial charge in [-0.15, -0.1) is 0 Å². The SMILES string of the molecule is CN1c2ccc(Cl)cc2C(C)(C)C12C=Cc1cc([N+](=O)[O-])cc(Br)c1O2. The number of non-ortho nitro benzene ring substituents is 1. The van der Waals surface area contributed by atoms with E-state index in [9.17, 15) is 10.1 Å². The first kappa shape index (κ1) is 17.4. The van der Waals surface area contributed by atoms with Crippen LogP contribution >= 0.6 is 27.5 Å². The molecule has 2 aromatic carbocycles. The number of nitrogens with zero attached hydrogens (tertiary/aromatic N) is 2. The summed E-state index contributed by atoms with van der Waals surface area (Å²) in [6, 6.07) is 8.82. The lowest BCUT2D eigenvalue weighted by atomic mass is 9.76. The van der Waals surface area contributed by atoms with Crippen LogP contribution in [0.5, 0.6) is 5.75 Å². The summed E-state index contributed by atoms with van der Waals surface area (Å²) in [5.41, 5.74) is 1.69. The van der Waals surface area contributed by atoms with Gasteiger partial charge in [-0.1, -0.05) is 11.6 Å². The molecule has 2 aromatic rings. The third-order valence-corrected chi connectivity index (χ3v) is 6.23. The maximum absolute atomic E-state index is 11.1. The van der Waals surface area contributed by atoms with Crippen LogP contribution in [0, 0.1) is 10.1 Å². The first-order valence-electron chi connectivity index (χ1n) is 8.07. The smallest absolute Gasteiger partial charge is 0.271 e. The number of hydrogen-bond donors (Lipinski definition) is 0. The normalized spacial score (nSPS) is 22.1. The molecule has 0 aromatic heterocycles. The number of ether oxygens (including phenoxy) is 1. The molecule has 1 unspecified atom stereocenters. The zero-order chi connectivity index (χ0) is 18.9. The lowest BCUT2D eigenvalue weighted by Crippen LogP contribution is -2.58. The van der Waals surface area contributed by atoms with Crippen LogP contribution in [0.1, 0.15) is 25.0 Å². The van der Waals surface area contributed by atoms with E-state index in [1.807, 2.05) is 37.4 Å². The largest absolute Gasteiger partial charge is 0.462 e. The van der Waals surface area contributed by atoms with Crippen molar-refractivity contribution in [3.63, 3.8) is 0 Å². The molecular weight excluding hydrogens is 420 g/mol. The van der Waals surface area contributed by atoms with E-state index in [-0.39, 0.29) is 5.69 Å². The van der Waals surface area contributed by atoms with E-state index in [0.29, 0.717) is 20.8 Å². The van der Waals surface area contributed by atoms with E-state index in [4.69, 9.17) is 16.3 Å². The third kappa shape index (κ3) is 2.15. The number of rotatable bonds is 1. The van der Waals surface area contributed by atoms with Crippen molar-refractivity contribution in [3.8, 4) is 5.75 Å². The molecule has 1 spiro atoms. The third-order valence-electron chi connectivity index (χ3n) is 5.40. The number of benzene rings is 2. The van der Waals surface area contributed by atoms with Crippen LogP contribution < -0.4 is 9.64 Å². The molecule has 1 atom stereocenters. The quantitative estimate of drug-likeness (QED) is 0.436. The van der Waals surface area contributed by atoms with Gasteiger partial charge >= 0.3 is 0 Å². The van der Waals surface area contributed by atoms with E-state index < -0.39 is 16.1 Å². The van der Waals surface area contributed by atoms with Gasteiger partial charge in [-0.2, -0.15) is 0 Å². The van der Waals surface area contributed by atoms with Crippen LogP contribution in [0.15, 0.2) is 40.9 Å². The molecule has 2 heterocycles. The van der Waals surface area contributed by atoms with Crippen LogP contribution in [0.3, 0.4) is 0 Å². The molecule has 0 radical (unpaired) electrons. The number of anilines is 1. The molecule has 2 aliphatic rings. The maximum atomic E-state index is 11.1. The van der Waals surface area contributed by atoms with E-state index in [0.717, 1.165) is 11.3 Å². The summed E-state index contributed by atoms with van der Waals surface area (Å²) in [6.45, 7) is 4.22. The predicted molar refractivity (Wildman–Crippen MR) is 106 cm³/mol. The van der Waals surface area contributed by atoms with Crippen molar-refractivity contribution in [2.24, 2.45) is 0 Å². The molecule has 26 heavy (non-hydrogen) atoms. The Morgan fingerprint density at radius 1 is 1.27 bits per heavy atom. The molecule has 2 aliphatic heterocycles. The molecule has 134 valence electrons. The standard InChI is InChI=1S/C19H16BrClN2O3/c1-18(2)14-9-12(21)4-5-16(14)22(3)19(18)7-6-11-8-13(23(24)25)10-15(20)17(11)26-19/h4-10H,1-3H3. The fourth-order valence-electron chi connectivity index (χ4n) is 3.94. The summed E-state index contributed by atoms with van der Waals surface area (Å²) in [5, 5.41) is 11.8. The molecule has 0 N–H and O–H groups in total. The Labute approximate surface area is 164 Å². The average Bonchev–Trinajstić information content (AvgIpc) is 2.74. The Bertz CT molecular complexity index is 989. The van der Waals surface area contributed by atoms with Gasteiger partial charge in [0.15, 0.2) is 0 Å². The first-order valence-corrected chi connectivity index (χ1v) is 9.24. The van der Waals surface area contributed by atoms with Gasteiger partial charge in [-0.05, 0) is 65.7 Å².